The van der Waals surface area contributed by atoms with E-state index in [2.05, 4.69) is 5.32 Å². The minimum absolute atomic E-state index is 0. The Hall–Kier alpha value is -1.79. The molecular formula is C13H19ClN2O4. The monoisotopic (exact) mass is 302 g/mol. The van der Waals surface area contributed by atoms with E-state index in [4.69, 9.17) is 15.6 Å². The van der Waals surface area contributed by atoms with Gasteiger partial charge in [-0.2, -0.15) is 0 Å². The van der Waals surface area contributed by atoms with Crippen molar-refractivity contribution in [1.29, 1.82) is 0 Å². The number of aliphatic carboxylic acids is 1. The van der Waals surface area contributed by atoms with Gasteiger partial charge >= 0.3 is 12.1 Å². The largest absolute Gasteiger partial charge is 0.480 e. The molecule has 1 atom stereocenters. The molecule has 0 bridgehead atoms. The zero-order chi connectivity index (χ0) is 14.1. The molecule has 0 aliphatic heterocycles. The molecule has 7 heteroatoms. The Labute approximate surface area is 123 Å². The van der Waals surface area contributed by atoms with Crippen LogP contribution in [0, 0.1) is 0 Å². The van der Waals surface area contributed by atoms with Crippen LogP contribution in [0.15, 0.2) is 30.3 Å². The molecule has 0 heterocycles. The maximum atomic E-state index is 11.5. The van der Waals surface area contributed by atoms with Crippen molar-refractivity contribution in [3.8, 4) is 0 Å². The van der Waals surface area contributed by atoms with Crippen molar-refractivity contribution >= 4 is 24.5 Å². The van der Waals surface area contributed by atoms with Crippen LogP contribution >= 0.6 is 12.4 Å². The molecule has 0 saturated heterocycles. The highest BCUT2D eigenvalue weighted by Gasteiger charge is 2.19. The number of carbonyl (C=O) groups excluding carboxylic acids is 1. The van der Waals surface area contributed by atoms with Gasteiger partial charge in [0.1, 0.15) is 12.6 Å². The van der Waals surface area contributed by atoms with Gasteiger partial charge in [0, 0.05) is 0 Å². The van der Waals surface area contributed by atoms with Crippen molar-refractivity contribution < 1.29 is 19.4 Å². The number of ether oxygens (including phenoxy) is 1. The van der Waals surface area contributed by atoms with Gasteiger partial charge in [0.05, 0.1) is 0 Å². The molecule has 1 aromatic carbocycles. The van der Waals surface area contributed by atoms with Gasteiger partial charge in [-0.05, 0) is 24.9 Å². The summed E-state index contributed by atoms with van der Waals surface area (Å²) in [6.07, 6.45) is 0.0654. The molecule has 20 heavy (non-hydrogen) atoms. The van der Waals surface area contributed by atoms with E-state index in [1.807, 2.05) is 30.3 Å². The second kappa shape index (κ2) is 10.1. The summed E-state index contributed by atoms with van der Waals surface area (Å²) in [7, 11) is 0. The van der Waals surface area contributed by atoms with Crippen LogP contribution in [-0.2, 0) is 16.1 Å². The lowest BCUT2D eigenvalue weighted by molar-refractivity contribution is -0.139. The van der Waals surface area contributed by atoms with Gasteiger partial charge in [-0.25, -0.2) is 9.59 Å². The van der Waals surface area contributed by atoms with Crippen LogP contribution in [0.1, 0.15) is 18.4 Å². The fourth-order valence-corrected chi connectivity index (χ4v) is 1.49. The maximum absolute atomic E-state index is 11.5. The Balaban J connectivity index is 0.00000361. The third-order valence-corrected chi connectivity index (χ3v) is 2.50. The highest BCUT2D eigenvalue weighted by atomic mass is 35.5. The average molecular weight is 303 g/mol. The summed E-state index contributed by atoms with van der Waals surface area (Å²) in [5.41, 5.74) is 6.14. The lowest BCUT2D eigenvalue weighted by Gasteiger charge is -2.14. The standard InChI is InChI=1S/C13H18N2O4.ClH/c14-8-4-7-11(12(16)17)15-13(18)19-9-10-5-2-1-3-6-10;/h1-3,5-6,11H,4,7-9,14H2,(H,15,18)(H,16,17);1H/t11-;/m1./s1. The molecule has 1 amide bonds. The van der Waals surface area contributed by atoms with Crippen LogP contribution in [0.4, 0.5) is 4.79 Å². The summed E-state index contributed by atoms with van der Waals surface area (Å²) in [5.74, 6) is -1.09. The number of hydrogen-bond acceptors (Lipinski definition) is 4. The fraction of sp³-hybridized carbons (Fsp3) is 0.385. The number of benzene rings is 1. The number of hydrogen-bond donors (Lipinski definition) is 3. The number of rotatable bonds is 7. The highest BCUT2D eigenvalue weighted by Crippen LogP contribution is 2.02. The van der Waals surface area contributed by atoms with Gasteiger partial charge in [-0.3, -0.25) is 0 Å². The first kappa shape index (κ1) is 18.2. The fourth-order valence-electron chi connectivity index (χ4n) is 1.49. The quantitative estimate of drug-likeness (QED) is 0.709. The van der Waals surface area contributed by atoms with E-state index >= 15 is 0 Å². The predicted molar refractivity (Wildman–Crippen MR) is 76.7 cm³/mol. The number of carboxylic acid groups (broad SMARTS) is 1. The number of carboxylic acids is 1. The Morgan fingerprint density at radius 3 is 2.50 bits per heavy atom. The third kappa shape index (κ3) is 6.96. The van der Waals surface area contributed by atoms with Crippen LogP contribution in [0.2, 0.25) is 0 Å². The van der Waals surface area contributed by atoms with Gasteiger partial charge in [0.15, 0.2) is 0 Å². The first-order valence-corrected chi connectivity index (χ1v) is 6.03. The van der Waals surface area contributed by atoms with E-state index in [0.717, 1.165) is 5.56 Å². The maximum Gasteiger partial charge on any atom is 0.408 e. The van der Waals surface area contributed by atoms with Crippen molar-refractivity contribution in [1.82, 2.24) is 5.32 Å². The predicted octanol–water partition coefficient (Wildman–Crippen LogP) is 1.53. The van der Waals surface area contributed by atoms with Crippen molar-refractivity contribution in [3.63, 3.8) is 0 Å². The Morgan fingerprint density at radius 2 is 1.95 bits per heavy atom. The third-order valence-electron chi connectivity index (χ3n) is 2.50. The number of alkyl carbamates (subject to hydrolysis) is 1. The van der Waals surface area contributed by atoms with Gasteiger partial charge in [-0.1, -0.05) is 30.3 Å². The molecule has 0 fully saturated rings. The average Bonchev–Trinajstić information content (AvgIpc) is 2.42. The first-order chi connectivity index (χ1) is 9.13. The van der Waals surface area contributed by atoms with E-state index in [1.54, 1.807) is 0 Å². The minimum Gasteiger partial charge on any atom is -0.480 e. The summed E-state index contributed by atoms with van der Waals surface area (Å²) in [6.45, 7) is 0.487. The van der Waals surface area contributed by atoms with Crippen molar-refractivity contribution in [2.75, 3.05) is 6.54 Å². The molecule has 112 valence electrons. The van der Waals surface area contributed by atoms with E-state index in [9.17, 15) is 9.59 Å². The smallest absolute Gasteiger partial charge is 0.408 e. The Kier molecular flexibility index (Phi) is 9.15. The summed E-state index contributed by atoms with van der Waals surface area (Å²) < 4.78 is 4.94. The zero-order valence-corrected chi connectivity index (χ0v) is 11.8. The highest BCUT2D eigenvalue weighted by molar-refractivity contribution is 5.85. The van der Waals surface area contributed by atoms with E-state index in [1.165, 1.54) is 0 Å². The molecule has 1 aromatic rings. The lowest BCUT2D eigenvalue weighted by Crippen LogP contribution is -2.41. The van der Waals surface area contributed by atoms with Crippen molar-refractivity contribution in [2.45, 2.75) is 25.5 Å². The Bertz CT molecular complexity index is 414. The molecule has 0 radical (unpaired) electrons. The van der Waals surface area contributed by atoms with E-state index in [0.29, 0.717) is 13.0 Å². The molecule has 6 nitrogen and oxygen atoms in total. The van der Waals surface area contributed by atoms with Crippen molar-refractivity contribution in [2.24, 2.45) is 5.73 Å². The molecule has 0 saturated carbocycles. The van der Waals surface area contributed by atoms with Crippen LogP contribution < -0.4 is 11.1 Å². The van der Waals surface area contributed by atoms with Gasteiger partial charge in [-0.15, -0.1) is 12.4 Å². The van der Waals surface area contributed by atoms with Crippen LogP contribution in [0.5, 0.6) is 0 Å². The van der Waals surface area contributed by atoms with Crippen LogP contribution in [0.25, 0.3) is 0 Å². The van der Waals surface area contributed by atoms with Gasteiger partial charge < -0.3 is 20.9 Å². The van der Waals surface area contributed by atoms with E-state index in [-0.39, 0.29) is 25.4 Å². The number of halogens is 1. The molecule has 0 aliphatic rings. The molecule has 0 aliphatic carbocycles. The van der Waals surface area contributed by atoms with Crippen molar-refractivity contribution in [3.05, 3.63) is 35.9 Å². The topological polar surface area (TPSA) is 102 Å². The normalized spacial score (nSPS) is 11.1. The number of amides is 1. The number of nitrogens with two attached hydrogens (primary N) is 1. The summed E-state index contributed by atoms with van der Waals surface area (Å²) in [5, 5.41) is 11.2. The Morgan fingerprint density at radius 1 is 1.30 bits per heavy atom. The molecule has 0 aromatic heterocycles. The van der Waals surface area contributed by atoms with Gasteiger partial charge in [0.25, 0.3) is 0 Å². The van der Waals surface area contributed by atoms with Crippen LogP contribution in [0.3, 0.4) is 0 Å². The minimum atomic E-state index is -1.09. The molecule has 0 spiro atoms. The summed E-state index contributed by atoms with van der Waals surface area (Å²) >= 11 is 0. The lowest BCUT2D eigenvalue weighted by atomic mass is 10.1. The number of nitrogens with one attached hydrogen (secondary N) is 1. The zero-order valence-electron chi connectivity index (χ0n) is 11.0. The van der Waals surface area contributed by atoms with E-state index < -0.39 is 18.1 Å². The molecule has 0 unspecified atom stereocenters. The van der Waals surface area contributed by atoms with Gasteiger partial charge in [0.2, 0.25) is 0 Å². The first-order valence-electron chi connectivity index (χ1n) is 6.03. The molecule has 1 rings (SSSR count). The van der Waals surface area contributed by atoms with Crippen LogP contribution in [-0.4, -0.2) is 29.8 Å². The summed E-state index contributed by atoms with van der Waals surface area (Å²) in [6, 6.07) is 8.19. The molecule has 4 N–H and O–H groups in total. The second-order valence-electron chi connectivity index (χ2n) is 4.03. The summed E-state index contributed by atoms with van der Waals surface area (Å²) in [4.78, 5) is 22.4. The SMILES string of the molecule is Cl.NCCC[C@@H](NC(=O)OCc1ccccc1)C(=O)O. The molecular weight excluding hydrogens is 284 g/mol. The number of carbonyl (C=O) groups is 2. The second-order valence-corrected chi connectivity index (χ2v) is 4.03.